The number of carbonyl (C=O) groups is 1. The molecule has 50 valence electrons. The molecule has 1 saturated heterocycles. The van der Waals surface area contributed by atoms with E-state index in [1.165, 1.54) is 0 Å². The van der Waals surface area contributed by atoms with E-state index in [1.807, 2.05) is 0 Å². The van der Waals surface area contributed by atoms with Crippen LogP contribution >= 0.6 is 0 Å². The van der Waals surface area contributed by atoms with Crippen LogP contribution in [0.3, 0.4) is 0 Å². The van der Waals surface area contributed by atoms with Crippen molar-refractivity contribution in [1.82, 2.24) is 10.9 Å². The quantitative estimate of drug-likeness (QED) is 0.463. The van der Waals surface area contributed by atoms with Crippen molar-refractivity contribution in [3.05, 3.63) is 0 Å². The Morgan fingerprint density at radius 2 is 2.33 bits per heavy atom. The van der Waals surface area contributed by atoms with Crippen molar-refractivity contribution in [1.29, 1.82) is 0 Å². The molecule has 2 aliphatic rings. The molecular formula is C6H10N2O. The number of rotatable bonds is 0. The first-order valence-electron chi connectivity index (χ1n) is 3.37. The summed E-state index contributed by atoms with van der Waals surface area (Å²) < 4.78 is 0. The smallest absolute Gasteiger partial charge is 0.155 e. The van der Waals surface area contributed by atoms with Gasteiger partial charge in [-0.3, -0.25) is 10.2 Å². The van der Waals surface area contributed by atoms with E-state index in [1.54, 1.807) is 0 Å². The maximum atomic E-state index is 11.1. The van der Waals surface area contributed by atoms with Crippen LogP contribution in [0.15, 0.2) is 0 Å². The molecule has 1 heterocycles. The van der Waals surface area contributed by atoms with Gasteiger partial charge in [0, 0.05) is 13.0 Å². The molecule has 3 nitrogen and oxygen atoms in total. The number of hydrogen-bond acceptors (Lipinski definition) is 3. The van der Waals surface area contributed by atoms with Crippen LogP contribution in [0, 0.1) is 0 Å². The molecular weight excluding hydrogens is 116 g/mol. The lowest BCUT2D eigenvalue weighted by Crippen LogP contribution is -2.71. The number of carbonyl (C=O) groups excluding carboxylic acids is 1. The zero-order valence-corrected chi connectivity index (χ0v) is 5.24. The minimum Gasteiger partial charge on any atom is -0.298 e. The average molecular weight is 126 g/mol. The Morgan fingerprint density at radius 1 is 1.56 bits per heavy atom. The van der Waals surface area contributed by atoms with Crippen molar-refractivity contribution in [2.24, 2.45) is 0 Å². The van der Waals surface area contributed by atoms with Gasteiger partial charge in [-0.1, -0.05) is 0 Å². The first-order chi connectivity index (χ1) is 4.33. The molecule has 0 aromatic rings. The summed E-state index contributed by atoms with van der Waals surface area (Å²) in [6.07, 6.45) is 2.86. The normalized spacial score (nSPS) is 41.6. The zero-order chi connectivity index (χ0) is 6.32. The second kappa shape index (κ2) is 1.55. The van der Waals surface area contributed by atoms with Crippen molar-refractivity contribution >= 4 is 5.78 Å². The molecule has 3 heteroatoms. The van der Waals surface area contributed by atoms with E-state index in [4.69, 9.17) is 0 Å². The standard InChI is InChI=1S/C6H10N2O/c9-5-2-1-3-6(5)4-7-8-6/h7-8H,1-4H2. The molecule has 1 aliphatic heterocycles. The van der Waals surface area contributed by atoms with Gasteiger partial charge in [-0.05, 0) is 12.8 Å². The lowest BCUT2D eigenvalue weighted by atomic mass is 9.95. The van der Waals surface area contributed by atoms with Crippen LogP contribution in [0.1, 0.15) is 19.3 Å². The first-order valence-corrected chi connectivity index (χ1v) is 3.37. The van der Waals surface area contributed by atoms with E-state index in [2.05, 4.69) is 10.9 Å². The molecule has 0 amide bonds. The fraction of sp³-hybridized carbons (Fsp3) is 0.833. The van der Waals surface area contributed by atoms with Crippen molar-refractivity contribution in [3.8, 4) is 0 Å². The Balaban J connectivity index is 2.17. The second-order valence-corrected chi connectivity index (χ2v) is 2.84. The molecule has 2 N–H and O–H groups in total. The van der Waals surface area contributed by atoms with E-state index >= 15 is 0 Å². The molecule has 0 aromatic carbocycles. The molecule has 9 heavy (non-hydrogen) atoms. The number of nitrogens with one attached hydrogen (secondary N) is 2. The van der Waals surface area contributed by atoms with Crippen LogP contribution in [-0.2, 0) is 4.79 Å². The second-order valence-electron chi connectivity index (χ2n) is 2.84. The van der Waals surface area contributed by atoms with Crippen LogP contribution in [0.2, 0.25) is 0 Å². The average Bonchev–Trinajstić information content (AvgIpc) is 2.07. The third-order valence-corrected chi connectivity index (χ3v) is 2.26. The minimum absolute atomic E-state index is 0.125. The largest absolute Gasteiger partial charge is 0.298 e. The number of ketones is 1. The molecule has 1 spiro atoms. The van der Waals surface area contributed by atoms with Gasteiger partial charge in [-0.25, -0.2) is 5.43 Å². The SMILES string of the molecule is O=C1CCCC12CNN2. The highest BCUT2D eigenvalue weighted by molar-refractivity contribution is 5.91. The number of Topliss-reactive ketones (excluding diaryl/α,β-unsaturated/α-hetero) is 1. The topological polar surface area (TPSA) is 41.1 Å². The van der Waals surface area contributed by atoms with Gasteiger partial charge in [-0.15, -0.1) is 0 Å². The molecule has 1 saturated carbocycles. The molecule has 1 aliphatic carbocycles. The van der Waals surface area contributed by atoms with Gasteiger partial charge in [0.05, 0.1) is 0 Å². The summed E-state index contributed by atoms with van der Waals surface area (Å²) in [5.74, 6) is 0.390. The molecule has 2 rings (SSSR count). The molecule has 0 radical (unpaired) electrons. The van der Waals surface area contributed by atoms with Crippen LogP contribution < -0.4 is 10.9 Å². The van der Waals surface area contributed by atoms with Gasteiger partial charge in [-0.2, -0.15) is 0 Å². The summed E-state index contributed by atoms with van der Waals surface area (Å²) in [6.45, 7) is 0.839. The van der Waals surface area contributed by atoms with Gasteiger partial charge in [0.1, 0.15) is 5.54 Å². The minimum atomic E-state index is -0.125. The van der Waals surface area contributed by atoms with Crippen molar-refractivity contribution in [2.75, 3.05) is 6.54 Å². The Labute approximate surface area is 53.8 Å². The summed E-state index contributed by atoms with van der Waals surface area (Å²) >= 11 is 0. The first kappa shape index (κ1) is 5.38. The summed E-state index contributed by atoms with van der Waals surface area (Å²) in [5, 5.41) is 0. The molecule has 1 atom stereocenters. The highest BCUT2D eigenvalue weighted by Crippen LogP contribution is 2.28. The molecule has 0 aromatic heterocycles. The van der Waals surface area contributed by atoms with E-state index in [-0.39, 0.29) is 5.54 Å². The monoisotopic (exact) mass is 126 g/mol. The lowest BCUT2D eigenvalue weighted by Gasteiger charge is -2.38. The Kier molecular flexibility index (Phi) is 0.926. The van der Waals surface area contributed by atoms with Crippen LogP contribution in [0.25, 0.3) is 0 Å². The zero-order valence-electron chi connectivity index (χ0n) is 5.24. The van der Waals surface area contributed by atoms with Gasteiger partial charge in [0.15, 0.2) is 5.78 Å². The van der Waals surface area contributed by atoms with Crippen LogP contribution in [0.5, 0.6) is 0 Å². The highest BCUT2D eigenvalue weighted by atomic mass is 16.1. The number of hydrazine groups is 1. The van der Waals surface area contributed by atoms with Crippen LogP contribution in [-0.4, -0.2) is 17.9 Å². The van der Waals surface area contributed by atoms with Gasteiger partial charge >= 0.3 is 0 Å². The summed E-state index contributed by atoms with van der Waals surface area (Å²) in [6, 6.07) is 0. The molecule has 0 bridgehead atoms. The van der Waals surface area contributed by atoms with Crippen molar-refractivity contribution in [3.63, 3.8) is 0 Å². The van der Waals surface area contributed by atoms with Gasteiger partial charge in [0.2, 0.25) is 0 Å². The maximum absolute atomic E-state index is 11.1. The predicted octanol–water partition coefficient (Wildman–Crippen LogP) is -0.414. The Morgan fingerprint density at radius 3 is 2.56 bits per heavy atom. The summed E-state index contributed by atoms with van der Waals surface area (Å²) in [5.41, 5.74) is 5.75. The molecule has 2 fully saturated rings. The molecule has 1 unspecified atom stereocenters. The fourth-order valence-corrected chi connectivity index (χ4v) is 1.55. The van der Waals surface area contributed by atoms with Crippen molar-refractivity contribution in [2.45, 2.75) is 24.8 Å². The van der Waals surface area contributed by atoms with Gasteiger partial charge in [0.25, 0.3) is 0 Å². The Bertz CT molecular complexity index is 151. The maximum Gasteiger partial charge on any atom is 0.155 e. The fourth-order valence-electron chi connectivity index (χ4n) is 1.55. The lowest BCUT2D eigenvalue weighted by molar-refractivity contribution is -0.126. The van der Waals surface area contributed by atoms with Crippen LogP contribution in [0.4, 0.5) is 0 Å². The highest BCUT2D eigenvalue weighted by Gasteiger charge is 2.46. The predicted molar refractivity (Wildman–Crippen MR) is 32.7 cm³/mol. The third-order valence-electron chi connectivity index (χ3n) is 2.26. The van der Waals surface area contributed by atoms with E-state index in [0.29, 0.717) is 5.78 Å². The Hall–Kier alpha value is -0.410. The van der Waals surface area contributed by atoms with E-state index < -0.39 is 0 Å². The summed E-state index contributed by atoms with van der Waals surface area (Å²) in [7, 11) is 0. The summed E-state index contributed by atoms with van der Waals surface area (Å²) in [4.78, 5) is 11.1. The van der Waals surface area contributed by atoms with E-state index in [0.717, 1.165) is 25.8 Å². The van der Waals surface area contributed by atoms with Crippen molar-refractivity contribution < 1.29 is 4.79 Å². The number of hydrogen-bond donors (Lipinski definition) is 2. The van der Waals surface area contributed by atoms with Gasteiger partial charge < -0.3 is 0 Å². The third kappa shape index (κ3) is 0.559. The van der Waals surface area contributed by atoms with E-state index in [9.17, 15) is 4.79 Å².